The molecule has 110 valence electrons. The van der Waals surface area contributed by atoms with Crippen molar-refractivity contribution in [2.45, 2.75) is 19.4 Å². The summed E-state index contributed by atoms with van der Waals surface area (Å²) in [6.07, 6.45) is 0.610. The maximum absolute atomic E-state index is 12.3. The van der Waals surface area contributed by atoms with Gasteiger partial charge in [-0.25, -0.2) is 0 Å². The highest BCUT2D eigenvalue weighted by atomic mass is 79.9. The fourth-order valence-corrected chi connectivity index (χ4v) is 2.68. The molecule has 0 aliphatic rings. The highest BCUT2D eigenvalue weighted by molar-refractivity contribution is 9.10. The zero-order chi connectivity index (χ0) is 15.2. The second-order valence-electron chi connectivity index (χ2n) is 5.00. The molecule has 0 saturated carbocycles. The summed E-state index contributed by atoms with van der Waals surface area (Å²) in [7, 11) is 0. The topological polar surface area (TPSA) is 49.3 Å². The molecule has 2 aromatic rings. The zero-order valence-electron chi connectivity index (χ0n) is 11.8. The summed E-state index contributed by atoms with van der Waals surface area (Å²) in [5, 5.41) is 12.4. The molecular formula is C17H18BrNO2. The van der Waals surface area contributed by atoms with Gasteiger partial charge in [0.15, 0.2) is 0 Å². The van der Waals surface area contributed by atoms with Crippen molar-refractivity contribution in [1.29, 1.82) is 0 Å². The van der Waals surface area contributed by atoms with Crippen LogP contribution in [0.4, 0.5) is 0 Å². The summed E-state index contributed by atoms with van der Waals surface area (Å²) in [6.45, 7) is 1.81. The quantitative estimate of drug-likeness (QED) is 0.872. The summed E-state index contributed by atoms with van der Waals surface area (Å²) in [4.78, 5) is 12.3. The number of benzene rings is 2. The van der Waals surface area contributed by atoms with E-state index in [0.29, 0.717) is 12.0 Å². The number of hydrogen-bond donors (Lipinski definition) is 2. The minimum atomic E-state index is -0.289. The molecule has 4 heteroatoms. The molecule has 0 aliphatic heterocycles. The lowest BCUT2D eigenvalue weighted by molar-refractivity contribution is 0.0916. The molecule has 0 bridgehead atoms. The van der Waals surface area contributed by atoms with E-state index >= 15 is 0 Å². The molecule has 1 atom stereocenters. The second kappa shape index (κ2) is 7.38. The maximum atomic E-state index is 12.3. The van der Waals surface area contributed by atoms with E-state index in [1.54, 1.807) is 6.07 Å². The van der Waals surface area contributed by atoms with Gasteiger partial charge in [-0.05, 0) is 42.7 Å². The van der Waals surface area contributed by atoms with Gasteiger partial charge in [0.05, 0.1) is 12.6 Å². The number of nitrogens with one attached hydrogen (secondary N) is 1. The second-order valence-corrected chi connectivity index (χ2v) is 5.92. The molecular weight excluding hydrogens is 330 g/mol. The van der Waals surface area contributed by atoms with Crippen LogP contribution in [0.2, 0.25) is 0 Å². The van der Waals surface area contributed by atoms with Crippen LogP contribution in [0.3, 0.4) is 0 Å². The van der Waals surface area contributed by atoms with E-state index in [2.05, 4.69) is 21.2 Å². The first-order valence-electron chi connectivity index (χ1n) is 6.82. The summed E-state index contributed by atoms with van der Waals surface area (Å²) < 4.78 is 0.944. The largest absolute Gasteiger partial charge is 0.394 e. The Morgan fingerprint density at radius 3 is 2.57 bits per heavy atom. The fourth-order valence-electron chi connectivity index (χ4n) is 2.20. The molecule has 1 amide bonds. The van der Waals surface area contributed by atoms with Crippen LogP contribution in [-0.2, 0) is 6.42 Å². The zero-order valence-corrected chi connectivity index (χ0v) is 13.4. The minimum absolute atomic E-state index is 0.0871. The predicted octanol–water partition coefficient (Wildman–Crippen LogP) is 3.09. The van der Waals surface area contributed by atoms with Crippen LogP contribution in [0, 0.1) is 6.92 Å². The molecule has 2 aromatic carbocycles. The average Bonchev–Trinajstić information content (AvgIpc) is 2.47. The van der Waals surface area contributed by atoms with Gasteiger partial charge in [0.1, 0.15) is 0 Å². The molecule has 0 aliphatic carbocycles. The van der Waals surface area contributed by atoms with E-state index in [0.717, 1.165) is 15.6 Å². The summed E-state index contributed by atoms with van der Waals surface area (Å²) in [5.41, 5.74) is 2.62. The fraction of sp³-hybridized carbons (Fsp3) is 0.235. The number of rotatable bonds is 5. The molecule has 0 heterocycles. The lowest BCUT2D eigenvalue weighted by Gasteiger charge is -2.17. The lowest BCUT2D eigenvalue weighted by Crippen LogP contribution is -2.39. The van der Waals surface area contributed by atoms with Gasteiger partial charge in [-0.3, -0.25) is 4.79 Å². The highest BCUT2D eigenvalue weighted by Gasteiger charge is 2.15. The van der Waals surface area contributed by atoms with Gasteiger partial charge >= 0.3 is 0 Å². The van der Waals surface area contributed by atoms with E-state index in [1.165, 1.54) is 0 Å². The standard InChI is InChI=1S/C17H18BrNO2/c1-12-9-14(18)7-8-16(12)17(21)19-15(11-20)10-13-5-3-2-4-6-13/h2-9,15,20H,10-11H2,1H3,(H,19,21). The van der Waals surface area contributed by atoms with Crippen LogP contribution in [0.25, 0.3) is 0 Å². The number of carbonyl (C=O) groups is 1. The summed E-state index contributed by atoms with van der Waals surface area (Å²) in [6, 6.07) is 15.1. The van der Waals surface area contributed by atoms with Crippen LogP contribution in [0.1, 0.15) is 21.5 Å². The van der Waals surface area contributed by atoms with Gasteiger partial charge in [0, 0.05) is 10.0 Å². The SMILES string of the molecule is Cc1cc(Br)ccc1C(=O)NC(CO)Cc1ccccc1. The van der Waals surface area contributed by atoms with Crippen LogP contribution >= 0.6 is 15.9 Å². The Hall–Kier alpha value is -1.65. The molecule has 0 saturated heterocycles. The van der Waals surface area contributed by atoms with Crippen molar-refractivity contribution >= 4 is 21.8 Å². The number of halogens is 1. The maximum Gasteiger partial charge on any atom is 0.251 e. The van der Waals surface area contributed by atoms with Gasteiger partial charge < -0.3 is 10.4 Å². The molecule has 21 heavy (non-hydrogen) atoms. The lowest BCUT2D eigenvalue weighted by atomic mass is 10.0. The van der Waals surface area contributed by atoms with Crippen LogP contribution in [0.15, 0.2) is 53.0 Å². The number of carbonyl (C=O) groups excluding carboxylic acids is 1. The van der Waals surface area contributed by atoms with E-state index < -0.39 is 0 Å². The number of aryl methyl sites for hydroxylation is 1. The Labute approximate surface area is 133 Å². The van der Waals surface area contributed by atoms with Crippen molar-refractivity contribution in [3.8, 4) is 0 Å². The van der Waals surface area contributed by atoms with Gasteiger partial charge in [0.2, 0.25) is 0 Å². The Morgan fingerprint density at radius 1 is 1.24 bits per heavy atom. The van der Waals surface area contributed by atoms with Crippen molar-refractivity contribution < 1.29 is 9.90 Å². The first kappa shape index (κ1) is 15.7. The van der Waals surface area contributed by atoms with Crippen LogP contribution < -0.4 is 5.32 Å². The first-order valence-corrected chi connectivity index (χ1v) is 7.61. The average molecular weight is 348 g/mol. The molecule has 3 nitrogen and oxygen atoms in total. The third-order valence-corrected chi connectivity index (χ3v) is 3.81. The van der Waals surface area contributed by atoms with Crippen molar-refractivity contribution in [1.82, 2.24) is 5.32 Å². The molecule has 0 radical (unpaired) electrons. The van der Waals surface area contributed by atoms with E-state index in [-0.39, 0.29) is 18.6 Å². The van der Waals surface area contributed by atoms with E-state index in [1.807, 2.05) is 49.4 Å². The van der Waals surface area contributed by atoms with Crippen LogP contribution in [0.5, 0.6) is 0 Å². The molecule has 0 fully saturated rings. The van der Waals surface area contributed by atoms with E-state index in [4.69, 9.17) is 0 Å². The minimum Gasteiger partial charge on any atom is -0.394 e. The first-order chi connectivity index (χ1) is 10.1. The molecule has 2 N–H and O–H groups in total. The van der Waals surface area contributed by atoms with Crippen molar-refractivity contribution in [2.24, 2.45) is 0 Å². The number of amides is 1. The van der Waals surface area contributed by atoms with E-state index in [9.17, 15) is 9.90 Å². The number of hydrogen-bond acceptors (Lipinski definition) is 2. The highest BCUT2D eigenvalue weighted by Crippen LogP contribution is 2.16. The smallest absolute Gasteiger partial charge is 0.251 e. The van der Waals surface area contributed by atoms with Crippen molar-refractivity contribution in [3.63, 3.8) is 0 Å². The summed E-state index contributed by atoms with van der Waals surface area (Å²) >= 11 is 3.38. The number of aliphatic hydroxyl groups excluding tert-OH is 1. The third-order valence-electron chi connectivity index (χ3n) is 3.31. The van der Waals surface area contributed by atoms with Crippen molar-refractivity contribution in [2.75, 3.05) is 6.61 Å². The van der Waals surface area contributed by atoms with Crippen molar-refractivity contribution in [3.05, 3.63) is 69.7 Å². The Morgan fingerprint density at radius 2 is 1.95 bits per heavy atom. The predicted molar refractivity (Wildman–Crippen MR) is 87.4 cm³/mol. The van der Waals surface area contributed by atoms with Crippen LogP contribution in [-0.4, -0.2) is 23.7 Å². The monoisotopic (exact) mass is 347 g/mol. The van der Waals surface area contributed by atoms with Gasteiger partial charge in [-0.15, -0.1) is 0 Å². The third kappa shape index (κ3) is 4.41. The Bertz CT molecular complexity index is 613. The normalized spacial score (nSPS) is 12.0. The summed E-state index contributed by atoms with van der Waals surface area (Å²) in [5.74, 6) is -0.157. The molecule has 2 rings (SSSR count). The molecule has 0 aromatic heterocycles. The molecule has 0 spiro atoms. The number of aliphatic hydroxyl groups is 1. The van der Waals surface area contributed by atoms with Gasteiger partial charge in [0.25, 0.3) is 5.91 Å². The van der Waals surface area contributed by atoms with Gasteiger partial charge in [-0.2, -0.15) is 0 Å². The van der Waals surface area contributed by atoms with Gasteiger partial charge in [-0.1, -0.05) is 46.3 Å². The Kier molecular flexibility index (Phi) is 5.53. The Balaban J connectivity index is 2.06. The molecule has 1 unspecified atom stereocenters.